The van der Waals surface area contributed by atoms with Crippen LogP contribution in [0.1, 0.15) is 26.2 Å². The molecule has 2 N–H and O–H groups in total. The molecule has 3 atom stereocenters. The second-order valence-corrected chi connectivity index (χ2v) is 10.5. The van der Waals surface area contributed by atoms with Gasteiger partial charge in [0.25, 0.3) is 0 Å². The van der Waals surface area contributed by atoms with Crippen LogP contribution in [0, 0.1) is 11.8 Å². The van der Waals surface area contributed by atoms with Crippen molar-refractivity contribution in [1.29, 1.82) is 0 Å². The lowest BCUT2D eigenvalue weighted by Gasteiger charge is -2.49. The molecule has 2 aliphatic heterocycles. The van der Waals surface area contributed by atoms with Crippen LogP contribution < -0.4 is 10.6 Å². The van der Waals surface area contributed by atoms with Gasteiger partial charge in [0.05, 0.1) is 11.7 Å². The smallest absolute Gasteiger partial charge is 0.222 e. The minimum atomic E-state index is 0.268. The fourth-order valence-electron chi connectivity index (χ4n) is 5.87. The van der Waals surface area contributed by atoms with Gasteiger partial charge in [0.15, 0.2) is 5.65 Å². The number of fused-ring (bicyclic) bond motifs is 3. The number of likely N-dealkylation sites (tertiary alicyclic amines) is 1. The number of anilines is 2. The highest BCUT2D eigenvalue weighted by Crippen LogP contribution is 2.40. The van der Waals surface area contributed by atoms with Crippen LogP contribution in [0.25, 0.3) is 27.7 Å². The number of rotatable bonds is 3. The van der Waals surface area contributed by atoms with Crippen LogP contribution in [0.4, 0.5) is 11.6 Å². The van der Waals surface area contributed by atoms with Crippen molar-refractivity contribution >= 4 is 50.0 Å². The highest BCUT2D eigenvalue weighted by Gasteiger charge is 2.43. The lowest BCUT2D eigenvalue weighted by atomic mass is 9.74. The first kappa shape index (κ1) is 22.3. The van der Waals surface area contributed by atoms with Crippen LogP contribution in [0.3, 0.4) is 0 Å². The third-order valence-electron chi connectivity index (χ3n) is 7.88. The number of hydrogen-bond donors (Lipinski definition) is 1. The number of carbonyl (C=O) groups excluding carboxylic acids is 1. The molecule has 0 saturated carbocycles. The van der Waals surface area contributed by atoms with Crippen molar-refractivity contribution in [1.82, 2.24) is 24.5 Å². The maximum absolute atomic E-state index is 12.5. The Morgan fingerprint density at radius 2 is 2.06 bits per heavy atom. The molecule has 0 aliphatic carbocycles. The Bertz CT molecular complexity index is 1450. The predicted octanol–water partition coefficient (Wildman–Crippen LogP) is 4.37. The monoisotopic (exact) mass is 533 g/mol. The number of hydrogen-bond acceptors (Lipinski definition) is 6. The number of para-hydroxylation sites is 1. The number of amides is 1. The van der Waals surface area contributed by atoms with Gasteiger partial charge in [-0.3, -0.25) is 9.78 Å². The Hall–Kier alpha value is -3.20. The molecule has 35 heavy (non-hydrogen) atoms. The summed E-state index contributed by atoms with van der Waals surface area (Å²) in [4.78, 5) is 26.5. The van der Waals surface area contributed by atoms with Crippen molar-refractivity contribution in [2.75, 3.05) is 30.8 Å². The second kappa shape index (κ2) is 8.48. The van der Waals surface area contributed by atoms with Gasteiger partial charge in [-0.05, 0) is 40.4 Å². The number of nitrogens with two attached hydrogens (primary N) is 1. The Balaban J connectivity index is 1.41. The Morgan fingerprint density at radius 3 is 2.89 bits per heavy atom. The molecule has 5 heterocycles. The molecule has 1 amide bonds. The summed E-state index contributed by atoms with van der Waals surface area (Å²) in [5.41, 5.74) is 10.1. The molecule has 8 nitrogen and oxygen atoms in total. The molecule has 0 radical (unpaired) electrons. The van der Waals surface area contributed by atoms with Gasteiger partial charge in [-0.1, -0.05) is 31.5 Å². The van der Waals surface area contributed by atoms with Gasteiger partial charge in [-0.2, -0.15) is 9.61 Å². The number of pyridine rings is 1. The number of halogens is 1. The maximum atomic E-state index is 12.5. The van der Waals surface area contributed by atoms with E-state index in [9.17, 15) is 4.79 Å². The Labute approximate surface area is 212 Å². The molecular formula is C26H28BrN7O. The van der Waals surface area contributed by atoms with E-state index in [1.807, 2.05) is 42.5 Å². The van der Waals surface area contributed by atoms with Gasteiger partial charge in [0.1, 0.15) is 16.1 Å². The van der Waals surface area contributed by atoms with Gasteiger partial charge in [-0.15, -0.1) is 0 Å². The molecule has 2 saturated heterocycles. The van der Waals surface area contributed by atoms with Gasteiger partial charge in [0, 0.05) is 61.2 Å². The quantitative estimate of drug-likeness (QED) is 0.420. The largest absolute Gasteiger partial charge is 0.383 e. The van der Waals surface area contributed by atoms with E-state index < -0.39 is 0 Å². The summed E-state index contributed by atoms with van der Waals surface area (Å²) in [6.07, 6.45) is 6.22. The summed E-state index contributed by atoms with van der Waals surface area (Å²) >= 11 is 3.71. The minimum Gasteiger partial charge on any atom is -0.383 e. The summed E-state index contributed by atoms with van der Waals surface area (Å²) < 4.78 is 2.44. The standard InChI is InChI=1S/C26H28BrN7O/c1-3-15-11-22(35)32(2)21-8-9-33(14-19(15)21)26-23(27)24(28)34-25(31-26)18(13-30-34)17-10-16-6-4-5-7-20(16)29-12-17/h4-7,10,12-13,15,19,21H,3,8-9,11,14,28H2,1-2H3. The molecule has 2 fully saturated rings. The molecule has 3 aromatic heterocycles. The number of piperidine rings is 2. The first-order chi connectivity index (χ1) is 17.0. The first-order valence-electron chi connectivity index (χ1n) is 12.1. The normalized spacial score (nSPS) is 22.7. The SMILES string of the molecule is CCC1CC(=O)N(C)C2CCN(c3nc4c(-c5cnc6ccccc6c5)cnn4c(N)c3Br)CC12. The summed E-state index contributed by atoms with van der Waals surface area (Å²) in [5.74, 6) is 2.43. The minimum absolute atomic E-state index is 0.268. The van der Waals surface area contributed by atoms with Crippen molar-refractivity contribution in [2.45, 2.75) is 32.2 Å². The number of benzene rings is 1. The molecule has 1 aromatic carbocycles. The average Bonchev–Trinajstić information content (AvgIpc) is 3.32. The Morgan fingerprint density at radius 1 is 1.23 bits per heavy atom. The van der Waals surface area contributed by atoms with Crippen molar-refractivity contribution in [2.24, 2.45) is 11.8 Å². The molecule has 9 heteroatoms. The average molecular weight is 534 g/mol. The first-order valence-corrected chi connectivity index (χ1v) is 12.9. The maximum Gasteiger partial charge on any atom is 0.222 e. The number of aromatic nitrogens is 4. The molecule has 4 aromatic rings. The van der Waals surface area contributed by atoms with E-state index in [1.54, 1.807) is 4.52 Å². The molecule has 2 aliphatic rings. The fraction of sp³-hybridized carbons (Fsp3) is 0.385. The van der Waals surface area contributed by atoms with Crippen LogP contribution >= 0.6 is 15.9 Å². The summed E-state index contributed by atoms with van der Waals surface area (Å²) in [7, 11) is 1.95. The highest BCUT2D eigenvalue weighted by atomic mass is 79.9. The molecule has 3 unspecified atom stereocenters. The zero-order valence-electron chi connectivity index (χ0n) is 19.9. The van der Waals surface area contributed by atoms with Gasteiger partial charge < -0.3 is 15.5 Å². The van der Waals surface area contributed by atoms with Crippen LogP contribution in [-0.2, 0) is 4.79 Å². The molecule has 180 valence electrons. The molecule has 0 bridgehead atoms. The molecular weight excluding hydrogens is 506 g/mol. The van der Waals surface area contributed by atoms with Crippen molar-refractivity contribution in [3.05, 3.63) is 47.2 Å². The molecule has 0 spiro atoms. The van der Waals surface area contributed by atoms with E-state index >= 15 is 0 Å². The lowest BCUT2D eigenvalue weighted by Crippen LogP contribution is -2.58. The van der Waals surface area contributed by atoms with E-state index in [1.165, 1.54) is 0 Å². The lowest BCUT2D eigenvalue weighted by molar-refractivity contribution is -0.140. The van der Waals surface area contributed by atoms with Gasteiger partial charge in [0.2, 0.25) is 5.91 Å². The van der Waals surface area contributed by atoms with Crippen molar-refractivity contribution in [3.63, 3.8) is 0 Å². The van der Waals surface area contributed by atoms with Crippen LogP contribution in [0.15, 0.2) is 47.2 Å². The predicted molar refractivity (Wildman–Crippen MR) is 141 cm³/mol. The van der Waals surface area contributed by atoms with E-state index in [2.05, 4.69) is 50.0 Å². The van der Waals surface area contributed by atoms with Crippen molar-refractivity contribution in [3.8, 4) is 11.1 Å². The van der Waals surface area contributed by atoms with Gasteiger partial charge >= 0.3 is 0 Å². The van der Waals surface area contributed by atoms with E-state index in [4.69, 9.17) is 10.7 Å². The summed E-state index contributed by atoms with van der Waals surface area (Å²) in [5, 5.41) is 5.61. The van der Waals surface area contributed by atoms with E-state index in [0.717, 1.165) is 58.3 Å². The topological polar surface area (TPSA) is 92.7 Å². The highest BCUT2D eigenvalue weighted by molar-refractivity contribution is 9.10. The van der Waals surface area contributed by atoms with E-state index in [0.29, 0.717) is 29.7 Å². The summed E-state index contributed by atoms with van der Waals surface area (Å²) in [6.45, 7) is 3.86. The van der Waals surface area contributed by atoms with Gasteiger partial charge in [-0.25, -0.2) is 4.98 Å². The van der Waals surface area contributed by atoms with E-state index in [-0.39, 0.29) is 11.9 Å². The zero-order valence-corrected chi connectivity index (χ0v) is 21.4. The van der Waals surface area contributed by atoms with Crippen molar-refractivity contribution < 1.29 is 4.79 Å². The number of nitrogens with zero attached hydrogens (tertiary/aromatic N) is 6. The number of carbonyl (C=O) groups is 1. The van der Waals surface area contributed by atoms with Crippen LogP contribution in [0.2, 0.25) is 0 Å². The Kier molecular flexibility index (Phi) is 5.40. The molecule has 6 rings (SSSR count). The fourth-order valence-corrected chi connectivity index (χ4v) is 6.38. The second-order valence-electron chi connectivity index (χ2n) is 9.69. The summed E-state index contributed by atoms with van der Waals surface area (Å²) in [6, 6.07) is 10.5. The third-order valence-corrected chi connectivity index (χ3v) is 8.64. The van der Waals surface area contributed by atoms with Crippen LogP contribution in [-0.4, -0.2) is 56.6 Å². The van der Waals surface area contributed by atoms with Crippen LogP contribution in [0.5, 0.6) is 0 Å². The number of nitrogen functional groups attached to an aromatic ring is 1. The zero-order chi connectivity index (χ0) is 24.3. The third kappa shape index (κ3) is 3.55.